The fourth-order valence-electron chi connectivity index (χ4n) is 1.06. The van der Waals surface area contributed by atoms with Crippen molar-refractivity contribution in [2.24, 2.45) is 0 Å². The van der Waals surface area contributed by atoms with Crippen molar-refractivity contribution in [2.75, 3.05) is 0 Å². The molecule has 0 aliphatic rings. The van der Waals surface area contributed by atoms with E-state index in [0.717, 1.165) is 10.3 Å². The molecule has 0 saturated heterocycles. The van der Waals surface area contributed by atoms with E-state index in [1.165, 1.54) is 16.7 Å². The SMILES string of the molecule is Cc1cc(C)c(P)c(Cl)c1C. The average molecular weight is 187 g/mol. The monoisotopic (exact) mass is 186 g/mol. The lowest BCUT2D eigenvalue weighted by atomic mass is 10.1. The third-order valence-corrected chi connectivity index (χ3v) is 3.43. The quantitative estimate of drug-likeness (QED) is 0.547. The number of hydrogen-bond acceptors (Lipinski definition) is 0. The maximum atomic E-state index is 6.07. The average Bonchev–Trinajstić information content (AvgIpc) is 1.97. The molecule has 1 unspecified atom stereocenters. The van der Waals surface area contributed by atoms with E-state index in [2.05, 4.69) is 29.2 Å². The molecule has 0 saturated carbocycles. The Bertz CT molecular complexity index is 266. The third-order valence-electron chi connectivity index (χ3n) is 2.02. The van der Waals surface area contributed by atoms with Crippen molar-refractivity contribution < 1.29 is 0 Å². The number of aryl methyl sites for hydroxylation is 2. The summed E-state index contributed by atoms with van der Waals surface area (Å²) in [5.74, 6) is 0. The zero-order valence-corrected chi connectivity index (χ0v) is 8.94. The van der Waals surface area contributed by atoms with Gasteiger partial charge in [-0.2, -0.15) is 0 Å². The van der Waals surface area contributed by atoms with E-state index in [4.69, 9.17) is 11.6 Å². The highest BCUT2D eigenvalue weighted by Gasteiger charge is 2.04. The Morgan fingerprint density at radius 1 is 1.18 bits per heavy atom. The topological polar surface area (TPSA) is 0 Å². The van der Waals surface area contributed by atoms with E-state index < -0.39 is 0 Å². The molecule has 1 aromatic carbocycles. The van der Waals surface area contributed by atoms with Gasteiger partial charge in [-0.15, -0.1) is 9.24 Å². The van der Waals surface area contributed by atoms with Crippen molar-refractivity contribution in [1.29, 1.82) is 0 Å². The second kappa shape index (κ2) is 3.13. The zero-order valence-electron chi connectivity index (χ0n) is 7.03. The van der Waals surface area contributed by atoms with Crippen LogP contribution in [0.25, 0.3) is 0 Å². The molecular weight excluding hydrogens is 175 g/mol. The number of hydrogen-bond donors (Lipinski definition) is 0. The third kappa shape index (κ3) is 1.58. The van der Waals surface area contributed by atoms with Gasteiger partial charge in [0.25, 0.3) is 0 Å². The second-order valence-corrected chi connectivity index (χ2v) is 3.82. The summed E-state index contributed by atoms with van der Waals surface area (Å²) in [5.41, 5.74) is 3.68. The Kier molecular flexibility index (Phi) is 2.57. The molecule has 1 aromatic rings. The van der Waals surface area contributed by atoms with Gasteiger partial charge >= 0.3 is 0 Å². The van der Waals surface area contributed by atoms with Gasteiger partial charge in [0, 0.05) is 0 Å². The minimum Gasteiger partial charge on any atom is -0.104 e. The van der Waals surface area contributed by atoms with Gasteiger partial charge in [0.2, 0.25) is 0 Å². The van der Waals surface area contributed by atoms with Crippen molar-refractivity contribution in [1.82, 2.24) is 0 Å². The fourth-order valence-corrected chi connectivity index (χ4v) is 1.66. The predicted molar refractivity (Wildman–Crippen MR) is 55.0 cm³/mol. The fraction of sp³-hybridized carbons (Fsp3) is 0.333. The van der Waals surface area contributed by atoms with Crippen LogP contribution in [0.5, 0.6) is 0 Å². The summed E-state index contributed by atoms with van der Waals surface area (Å²) in [6.45, 7) is 6.20. The molecule has 0 aromatic heterocycles. The summed E-state index contributed by atoms with van der Waals surface area (Å²) in [4.78, 5) is 0. The largest absolute Gasteiger partial charge is 0.104 e. The van der Waals surface area contributed by atoms with E-state index >= 15 is 0 Å². The Morgan fingerprint density at radius 2 is 1.73 bits per heavy atom. The molecule has 0 aliphatic heterocycles. The van der Waals surface area contributed by atoms with Crippen LogP contribution in [0.15, 0.2) is 6.07 Å². The van der Waals surface area contributed by atoms with Gasteiger partial charge in [-0.3, -0.25) is 0 Å². The molecule has 0 spiro atoms. The summed E-state index contributed by atoms with van der Waals surface area (Å²) in [6, 6.07) is 2.16. The van der Waals surface area contributed by atoms with Crippen molar-refractivity contribution in [3.05, 3.63) is 27.8 Å². The van der Waals surface area contributed by atoms with Crippen molar-refractivity contribution in [3.63, 3.8) is 0 Å². The highest BCUT2D eigenvalue weighted by atomic mass is 35.5. The number of benzene rings is 1. The summed E-state index contributed by atoms with van der Waals surface area (Å²) >= 11 is 6.07. The van der Waals surface area contributed by atoms with Crippen molar-refractivity contribution in [3.8, 4) is 0 Å². The molecule has 0 heterocycles. The summed E-state index contributed by atoms with van der Waals surface area (Å²) in [5, 5.41) is 2.00. The van der Waals surface area contributed by atoms with Gasteiger partial charge in [0.15, 0.2) is 0 Å². The summed E-state index contributed by atoms with van der Waals surface area (Å²) in [6.07, 6.45) is 0. The van der Waals surface area contributed by atoms with Gasteiger partial charge < -0.3 is 0 Å². The van der Waals surface area contributed by atoms with Crippen LogP contribution < -0.4 is 5.30 Å². The van der Waals surface area contributed by atoms with E-state index in [9.17, 15) is 0 Å². The first-order valence-corrected chi connectivity index (χ1v) is 4.51. The Balaban J connectivity index is 3.46. The zero-order chi connectivity index (χ0) is 8.59. The maximum absolute atomic E-state index is 6.07. The highest BCUT2D eigenvalue weighted by Crippen LogP contribution is 2.20. The molecule has 0 fully saturated rings. The molecule has 60 valence electrons. The van der Waals surface area contributed by atoms with Crippen LogP contribution in [0, 0.1) is 20.8 Å². The van der Waals surface area contributed by atoms with E-state index in [1.54, 1.807) is 0 Å². The van der Waals surface area contributed by atoms with Crippen molar-refractivity contribution in [2.45, 2.75) is 20.8 Å². The minimum atomic E-state index is 0.882. The number of halogens is 1. The van der Waals surface area contributed by atoms with Crippen LogP contribution in [-0.4, -0.2) is 0 Å². The summed E-state index contributed by atoms with van der Waals surface area (Å²) < 4.78 is 0. The van der Waals surface area contributed by atoms with Crippen LogP contribution >= 0.6 is 20.8 Å². The lowest BCUT2D eigenvalue weighted by Crippen LogP contribution is -2.02. The molecule has 0 aliphatic carbocycles. The normalized spacial score (nSPS) is 10.3. The molecule has 1 rings (SSSR count). The van der Waals surface area contributed by atoms with Gasteiger partial charge in [-0.1, -0.05) is 17.7 Å². The molecule has 0 amide bonds. The van der Waals surface area contributed by atoms with Crippen LogP contribution in [0.1, 0.15) is 16.7 Å². The van der Waals surface area contributed by atoms with Crippen LogP contribution in [0.3, 0.4) is 0 Å². The van der Waals surface area contributed by atoms with E-state index in [0.29, 0.717) is 0 Å². The first-order valence-electron chi connectivity index (χ1n) is 3.56. The van der Waals surface area contributed by atoms with Crippen molar-refractivity contribution >= 4 is 26.1 Å². The Hall–Kier alpha value is -0.0600. The molecule has 0 radical (unpaired) electrons. The minimum absolute atomic E-state index is 0.882. The van der Waals surface area contributed by atoms with Gasteiger partial charge in [0.05, 0.1) is 5.02 Å². The molecular formula is C9H12ClP. The molecule has 0 nitrogen and oxygen atoms in total. The predicted octanol–water partition coefficient (Wildman–Crippen LogP) is 2.77. The van der Waals surface area contributed by atoms with Crippen LogP contribution in [-0.2, 0) is 0 Å². The van der Waals surface area contributed by atoms with Gasteiger partial charge in [-0.05, 0) is 42.8 Å². The lowest BCUT2D eigenvalue weighted by Gasteiger charge is -2.08. The van der Waals surface area contributed by atoms with E-state index in [1.807, 2.05) is 6.92 Å². The molecule has 0 bridgehead atoms. The lowest BCUT2D eigenvalue weighted by molar-refractivity contribution is 1.32. The smallest absolute Gasteiger partial charge is 0.0511 e. The number of rotatable bonds is 0. The Morgan fingerprint density at radius 3 is 2.27 bits per heavy atom. The van der Waals surface area contributed by atoms with Gasteiger partial charge in [0.1, 0.15) is 0 Å². The van der Waals surface area contributed by atoms with Crippen LogP contribution in [0.2, 0.25) is 5.02 Å². The molecule has 1 atom stereocenters. The van der Waals surface area contributed by atoms with E-state index in [-0.39, 0.29) is 0 Å². The maximum Gasteiger partial charge on any atom is 0.0511 e. The molecule has 2 heteroatoms. The molecule has 0 N–H and O–H groups in total. The first kappa shape index (κ1) is 9.03. The first-order chi connectivity index (χ1) is 5.04. The Labute approximate surface area is 75.2 Å². The molecule has 11 heavy (non-hydrogen) atoms. The standard InChI is InChI=1S/C9H12ClP/c1-5-4-6(2)9(11)8(10)7(5)3/h4H,11H2,1-3H3. The summed E-state index contributed by atoms with van der Waals surface area (Å²) in [7, 11) is 2.67. The van der Waals surface area contributed by atoms with Gasteiger partial charge in [-0.25, -0.2) is 0 Å². The van der Waals surface area contributed by atoms with Crippen LogP contribution in [0.4, 0.5) is 0 Å². The highest BCUT2D eigenvalue weighted by molar-refractivity contribution is 7.28. The second-order valence-electron chi connectivity index (χ2n) is 2.86.